The molecule has 0 aliphatic carbocycles. The van der Waals surface area contributed by atoms with Crippen LogP contribution in [0.3, 0.4) is 0 Å². The molecule has 0 unspecified atom stereocenters. The molecule has 0 saturated heterocycles. The lowest BCUT2D eigenvalue weighted by atomic mass is 10.2. The molecule has 0 amide bonds. The van der Waals surface area contributed by atoms with E-state index in [1.54, 1.807) is 0 Å². The van der Waals surface area contributed by atoms with Crippen LogP contribution in [0.4, 0.5) is 5.69 Å². The summed E-state index contributed by atoms with van der Waals surface area (Å²) in [4.78, 5) is 4.54. The van der Waals surface area contributed by atoms with Crippen LogP contribution in [0.25, 0.3) is 5.69 Å². The van der Waals surface area contributed by atoms with Gasteiger partial charge in [-0.2, -0.15) is 0 Å². The molecule has 0 atom stereocenters. The Morgan fingerprint density at radius 1 is 0.952 bits per heavy atom. The van der Waals surface area contributed by atoms with Crippen molar-refractivity contribution >= 4 is 27.8 Å². The molecule has 0 aliphatic heterocycles. The Morgan fingerprint density at radius 3 is 2.38 bits per heavy atom. The number of aliphatic imine (C=N–C) groups is 1. The summed E-state index contributed by atoms with van der Waals surface area (Å²) in [7, 11) is 0. The molecule has 104 valence electrons. The highest BCUT2D eigenvalue weighted by atomic mass is 79.9. The number of benzene rings is 2. The fourth-order valence-corrected chi connectivity index (χ4v) is 2.37. The Balaban J connectivity index is 1.88. The number of aromatic nitrogens is 1. The van der Waals surface area contributed by atoms with E-state index in [1.807, 2.05) is 42.7 Å². The van der Waals surface area contributed by atoms with Gasteiger partial charge in [0.2, 0.25) is 0 Å². The molecule has 0 spiro atoms. The van der Waals surface area contributed by atoms with Crippen LogP contribution in [0.5, 0.6) is 0 Å². The van der Waals surface area contributed by atoms with Crippen molar-refractivity contribution in [3.63, 3.8) is 0 Å². The van der Waals surface area contributed by atoms with E-state index in [-0.39, 0.29) is 0 Å². The highest BCUT2D eigenvalue weighted by molar-refractivity contribution is 9.10. The van der Waals surface area contributed by atoms with Gasteiger partial charge in [0.1, 0.15) is 0 Å². The van der Waals surface area contributed by atoms with Gasteiger partial charge in [0.25, 0.3) is 0 Å². The summed E-state index contributed by atoms with van der Waals surface area (Å²) < 4.78 is 3.19. The first kappa shape index (κ1) is 13.8. The van der Waals surface area contributed by atoms with Gasteiger partial charge >= 0.3 is 0 Å². The van der Waals surface area contributed by atoms with E-state index in [2.05, 4.69) is 62.7 Å². The van der Waals surface area contributed by atoms with E-state index >= 15 is 0 Å². The predicted octanol–water partition coefficient (Wildman–Crippen LogP) is 5.30. The SMILES string of the molecule is Cc1ccc(N=Cc2cccn2-c2ccc(Br)cc2)cc1. The van der Waals surface area contributed by atoms with Gasteiger partial charge in [-0.05, 0) is 55.5 Å². The van der Waals surface area contributed by atoms with Crippen LogP contribution in [0.15, 0.2) is 76.3 Å². The third kappa shape index (κ3) is 3.31. The lowest BCUT2D eigenvalue weighted by Gasteiger charge is -2.06. The number of hydrogen-bond acceptors (Lipinski definition) is 1. The Kier molecular flexibility index (Phi) is 4.02. The zero-order valence-electron chi connectivity index (χ0n) is 11.7. The third-order valence-electron chi connectivity index (χ3n) is 3.26. The van der Waals surface area contributed by atoms with Gasteiger partial charge < -0.3 is 4.57 Å². The topological polar surface area (TPSA) is 17.3 Å². The highest BCUT2D eigenvalue weighted by Gasteiger charge is 2.01. The Morgan fingerprint density at radius 2 is 1.67 bits per heavy atom. The summed E-state index contributed by atoms with van der Waals surface area (Å²) in [5.74, 6) is 0. The highest BCUT2D eigenvalue weighted by Crippen LogP contribution is 2.17. The molecule has 1 heterocycles. The standard InChI is InChI=1S/C18H15BrN2/c1-14-4-8-16(9-5-14)20-13-18-3-2-12-21(18)17-10-6-15(19)7-11-17/h2-13H,1H3. The van der Waals surface area contributed by atoms with Gasteiger partial charge in [0.05, 0.1) is 17.6 Å². The molecule has 3 rings (SSSR count). The van der Waals surface area contributed by atoms with Crippen molar-refractivity contribution in [1.29, 1.82) is 0 Å². The molecule has 0 N–H and O–H groups in total. The van der Waals surface area contributed by atoms with Crippen molar-refractivity contribution < 1.29 is 0 Å². The Labute approximate surface area is 132 Å². The Bertz CT molecular complexity index is 753. The van der Waals surface area contributed by atoms with Crippen LogP contribution >= 0.6 is 15.9 Å². The van der Waals surface area contributed by atoms with Crippen molar-refractivity contribution in [2.24, 2.45) is 4.99 Å². The molecule has 21 heavy (non-hydrogen) atoms. The lowest BCUT2D eigenvalue weighted by molar-refractivity contribution is 1.07. The van der Waals surface area contributed by atoms with Gasteiger partial charge in [0.15, 0.2) is 0 Å². The first-order valence-electron chi connectivity index (χ1n) is 6.76. The van der Waals surface area contributed by atoms with Crippen molar-refractivity contribution in [2.75, 3.05) is 0 Å². The van der Waals surface area contributed by atoms with Crippen molar-refractivity contribution in [3.05, 3.63) is 82.6 Å². The molecule has 0 bridgehead atoms. The van der Waals surface area contributed by atoms with Crippen LogP contribution in [0.1, 0.15) is 11.3 Å². The zero-order valence-corrected chi connectivity index (χ0v) is 13.3. The van der Waals surface area contributed by atoms with E-state index in [0.717, 1.165) is 21.5 Å². The quantitative estimate of drug-likeness (QED) is 0.576. The zero-order chi connectivity index (χ0) is 14.7. The van der Waals surface area contributed by atoms with Crippen LogP contribution in [-0.2, 0) is 0 Å². The normalized spacial score (nSPS) is 11.1. The van der Waals surface area contributed by atoms with Gasteiger partial charge in [-0.1, -0.05) is 33.6 Å². The number of hydrogen-bond donors (Lipinski definition) is 0. The second-order valence-corrected chi connectivity index (χ2v) is 5.79. The van der Waals surface area contributed by atoms with Gasteiger partial charge in [0, 0.05) is 16.4 Å². The molecule has 0 fully saturated rings. The van der Waals surface area contributed by atoms with Crippen LogP contribution in [0.2, 0.25) is 0 Å². The maximum Gasteiger partial charge on any atom is 0.0639 e. The monoisotopic (exact) mass is 338 g/mol. The minimum atomic E-state index is 0.962. The van der Waals surface area contributed by atoms with Gasteiger partial charge in [-0.25, -0.2) is 0 Å². The van der Waals surface area contributed by atoms with E-state index in [4.69, 9.17) is 0 Å². The third-order valence-corrected chi connectivity index (χ3v) is 3.79. The van der Waals surface area contributed by atoms with Gasteiger partial charge in [-0.3, -0.25) is 4.99 Å². The lowest BCUT2D eigenvalue weighted by Crippen LogP contribution is -1.97. The summed E-state index contributed by atoms with van der Waals surface area (Å²) in [6.07, 6.45) is 3.94. The summed E-state index contributed by atoms with van der Waals surface area (Å²) in [5, 5.41) is 0. The molecule has 2 nitrogen and oxygen atoms in total. The Hall–Kier alpha value is -2.13. The molecule has 0 aliphatic rings. The fourth-order valence-electron chi connectivity index (χ4n) is 2.11. The maximum atomic E-state index is 4.54. The molecule has 2 aromatic carbocycles. The first-order chi connectivity index (χ1) is 10.2. The summed E-state index contributed by atoms with van der Waals surface area (Å²) in [6, 6.07) is 20.5. The predicted molar refractivity (Wildman–Crippen MR) is 91.9 cm³/mol. The molecular formula is C18H15BrN2. The largest absolute Gasteiger partial charge is 0.316 e. The minimum absolute atomic E-state index is 0.962. The second kappa shape index (κ2) is 6.10. The molecular weight excluding hydrogens is 324 g/mol. The van der Waals surface area contributed by atoms with Gasteiger partial charge in [-0.15, -0.1) is 0 Å². The smallest absolute Gasteiger partial charge is 0.0639 e. The molecule has 0 radical (unpaired) electrons. The van der Waals surface area contributed by atoms with E-state index in [0.29, 0.717) is 0 Å². The fraction of sp³-hybridized carbons (Fsp3) is 0.0556. The molecule has 3 heteroatoms. The molecule has 1 aromatic heterocycles. The first-order valence-corrected chi connectivity index (χ1v) is 7.56. The average molecular weight is 339 g/mol. The maximum absolute atomic E-state index is 4.54. The van der Waals surface area contributed by atoms with Crippen molar-refractivity contribution in [2.45, 2.75) is 6.92 Å². The van der Waals surface area contributed by atoms with E-state index in [9.17, 15) is 0 Å². The van der Waals surface area contributed by atoms with Crippen LogP contribution < -0.4 is 0 Å². The number of aryl methyl sites for hydroxylation is 1. The van der Waals surface area contributed by atoms with Crippen molar-refractivity contribution in [3.8, 4) is 5.69 Å². The van der Waals surface area contributed by atoms with Crippen LogP contribution in [0, 0.1) is 6.92 Å². The van der Waals surface area contributed by atoms with Crippen LogP contribution in [-0.4, -0.2) is 10.8 Å². The number of nitrogens with zero attached hydrogens (tertiary/aromatic N) is 2. The summed E-state index contributed by atoms with van der Waals surface area (Å²) >= 11 is 3.46. The summed E-state index contributed by atoms with van der Waals surface area (Å²) in [5.41, 5.74) is 4.38. The molecule has 0 saturated carbocycles. The summed E-state index contributed by atoms with van der Waals surface area (Å²) in [6.45, 7) is 2.08. The number of halogens is 1. The molecule has 3 aromatic rings. The van der Waals surface area contributed by atoms with E-state index in [1.165, 1.54) is 5.56 Å². The van der Waals surface area contributed by atoms with E-state index < -0.39 is 0 Å². The minimum Gasteiger partial charge on any atom is -0.316 e. The average Bonchev–Trinajstić information content (AvgIpc) is 2.96. The number of rotatable bonds is 3. The van der Waals surface area contributed by atoms with Crippen molar-refractivity contribution in [1.82, 2.24) is 4.57 Å². The second-order valence-electron chi connectivity index (χ2n) is 4.87.